The minimum Gasteiger partial charge on any atom is -0.465 e. The molecule has 1 heterocycles. The maximum absolute atomic E-state index is 13.2. The van der Waals surface area contributed by atoms with Gasteiger partial charge < -0.3 is 13.6 Å². The third-order valence-electron chi connectivity index (χ3n) is 6.65. The van der Waals surface area contributed by atoms with E-state index in [1.807, 2.05) is 20.0 Å². The predicted molar refractivity (Wildman–Crippen MR) is 144 cm³/mol. The monoisotopic (exact) mass is 544 g/mol. The van der Waals surface area contributed by atoms with Crippen molar-refractivity contribution in [3.63, 3.8) is 0 Å². The summed E-state index contributed by atoms with van der Waals surface area (Å²) in [5, 5.41) is -0.210. The van der Waals surface area contributed by atoms with Crippen molar-refractivity contribution < 1.29 is 31.0 Å². The number of furan rings is 1. The summed E-state index contributed by atoms with van der Waals surface area (Å²) in [6.07, 6.45) is -1.57. The van der Waals surface area contributed by atoms with Gasteiger partial charge in [0.05, 0.1) is 16.7 Å². The number of esters is 1. The van der Waals surface area contributed by atoms with Crippen molar-refractivity contribution in [2.75, 3.05) is 0 Å². The third-order valence-corrected chi connectivity index (χ3v) is 12.5. The minimum absolute atomic E-state index is 0.0341. The highest BCUT2D eigenvalue weighted by atomic mass is 32.2. The highest BCUT2D eigenvalue weighted by Crippen LogP contribution is 2.41. The van der Waals surface area contributed by atoms with Crippen molar-refractivity contribution in [1.29, 1.82) is 0 Å². The molecule has 0 unspecified atom stereocenters. The highest BCUT2D eigenvalue weighted by molar-refractivity contribution is 7.86. The summed E-state index contributed by atoms with van der Waals surface area (Å²) in [6, 6.07) is 18.3. The number of carbonyl (C=O) groups excluding carboxylic acids is 1. The Labute approximate surface area is 221 Å². The Kier molecular flexibility index (Phi) is 8.84. The zero-order valence-electron chi connectivity index (χ0n) is 22.4. The molecule has 0 fully saturated rings. The second kappa shape index (κ2) is 11.3. The molecule has 3 aromatic rings. The highest BCUT2D eigenvalue weighted by Gasteiger charge is 2.45. The van der Waals surface area contributed by atoms with Gasteiger partial charge in [-0.2, -0.15) is 8.42 Å². The van der Waals surface area contributed by atoms with Crippen LogP contribution in [0.5, 0.6) is 0 Å². The van der Waals surface area contributed by atoms with Gasteiger partial charge in [-0.05, 0) is 68.4 Å². The van der Waals surface area contributed by atoms with Gasteiger partial charge in [0.1, 0.15) is 18.0 Å². The molecule has 0 saturated heterocycles. The van der Waals surface area contributed by atoms with Gasteiger partial charge in [-0.3, -0.25) is 4.18 Å². The number of ether oxygens (including phenoxy) is 1. The van der Waals surface area contributed by atoms with E-state index in [2.05, 4.69) is 20.8 Å². The number of rotatable bonds is 10. The van der Waals surface area contributed by atoms with E-state index in [9.17, 15) is 13.2 Å². The van der Waals surface area contributed by atoms with Gasteiger partial charge in [0.15, 0.2) is 14.4 Å². The lowest BCUT2D eigenvalue weighted by Crippen LogP contribution is -2.50. The number of hydrogen-bond donors (Lipinski definition) is 0. The molecule has 0 aliphatic rings. The molecule has 37 heavy (non-hydrogen) atoms. The van der Waals surface area contributed by atoms with Gasteiger partial charge in [0, 0.05) is 0 Å². The van der Waals surface area contributed by atoms with Gasteiger partial charge in [0.2, 0.25) is 0 Å². The lowest BCUT2D eigenvalue weighted by atomic mass is 10.1. The van der Waals surface area contributed by atoms with E-state index in [0.717, 1.165) is 5.56 Å². The smallest absolute Gasteiger partial charge is 0.338 e. The summed E-state index contributed by atoms with van der Waals surface area (Å²) in [4.78, 5) is 13.1. The molecule has 0 spiro atoms. The molecule has 200 valence electrons. The lowest BCUT2D eigenvalue weighted by molar-refractivity contribution is -0.0581. The molecule has 0 radical (unpaired) electrons. The van der Waals surface area contributed by atoms with Crippen LogP contribution in [-0.4, -0.2) is 34.9 Å². The van der Waals surface area contributed by atoms with Crippen LogP contribution in [0.25, 0.3) is 0 Å². The van der Waals surface area contributed by atoms with Crippen LogP contribution in [-0.2, 0) is 23.5 Å². The molecular formula is C28H36O7SSi. The van der Waals surface area contributed by atoms with Crippen LogP contribution in [0.4, 0.5) is 0 Å². The molecule has 0 amide bonds. The van der Waals surface area contributed by atoms with Crippen LogP contribution < -0.4 is 0 Å². The van der Waals surface area contributed by atoms with E-state index in [-0.39, 0.29) is 9.93 Å². The molecule has 3 atom stereocenters. The van der Waals surface area contributed by atoms with E-state index >= 15 is 0 Å². The number of benzene rings is 2. The molecule has 0 aliphatic carbocycles. The van der Waals surface area contributed by atoms with Crippen LogP contribution in [0.15, 0.2) is 82.3 Å². The van der Waals surface area contributed by atoms with Gasteiger partial charge in [-0.1, -0.05) is 56.7 Å². The molecule has 0 aliphatic heterocycles. The van der Waals surface area contributed by atoms with E-state index in [1.54, 1.807) is 61.5 Å². The summed E-state index contributed by atoms with van der Waals surface area (Å²) in [5.74, 6) is -0.254. The third kappa shape index (κ3) is 7.19. The average molecular weight is 545 g/mol. The fourth-order valence-electron chi connectivity index (χ4n) is 3.43. The summed E-state index contributed by atoms with van der Waals surface area (Å²) in [5.41, 5.74) is 1.28. The number of carbonyl (C=O) groups is 1. The molecule has 0 bridgehead atoms. The Bertz CT molecular complexity index is 1260. The fraction of sp³-hybridized carbons (Fsp3) is 0.393. The number of hydrogen-bond acceptors (Lipinski definition) is 7. The van der Waals surface area contributed by atoms with Gasteiger partial charge in [-0.25, -0.2) is 4.79 Å². The molecule has 9 heteroatoms. The maximum Gasteiger partial charge on any atom is 0.338 e. The minimum atomic E-state index is -4.13. The molecule has 3 rings (SSSR count). The summed E-state index contributed by atoms with van der Waals surface area (Å²) in [6.45, 7) is 13.8. The molecule has 2 aromatic carbocycles. The van der Waals surface area contributed by atoms with Crippen molar-refractivity contribution in [3.8, 4) is 0 Å². The quantitative estimate of drug-likeness (QED) is 0.160. The summed E-state index contributed by atoms with van der Waals surface area (Å²) in [7, 11) is -6.64. The first-order valence-corrected chi connectivity index (χ1v) is 16.5. The first-order valence-electron chi connectivity index (χ1n) is 12.2. The average Bonchev–Trinajstić information content (AvgIpc) is 3.35. The topological polar surface area (TPSA) is 92.0 Å². The second-order valence-electron chi connectivity index (χ2n) is 10.6. The first kappa shape index (κ1) is 28.8. The van der Waals surface area contributed by atoms with Crippen molar-refractivity contribution >= 4 is 24.4 Å². The second-order valence-corrected chi connectivity index (χ2v) is 16.9. The van der Waals surface area contributed by atoms with Crippen LogP contribution in [0.2, 0.25) is 18.1 Å². The molecule has 7 nitrogen and oxygen atoms in total. The van der Waals surface area contributed by atoms with Crippen LogP contribution in [0.1, 0.15) is 55.5 Å². The van der Waals surface area contributed by atoms with Gasteiger partial charge in [-0.15, -0.1) is 0 Å². The normalized spacial score (nSPS) is 15.1. The largest absolute Gasteiger partial charge is 0.465 e. The first-order chi connectivity index (χ1) is 17.2. The van der Waals surface area contributed by atoms with Gasteiger partial charge in [0.25, 0.3) is 10.1 Å². The van der Waals surface area contributed by atoms with E-state index < -0.39 is 42.7 Å². The number of aryl methyl sites for hydroxylation is 1. The Morgan fingerprint density at radius 2 is 1.57 bits per heavy atom. The van der Waals surface area contributed by atoms with E-state index in [0.29, 0.717) is 11.3 Å². The fourth-order valence-corrected chi connectivity index (χ4v) is 5.87. The van der Waals surface area contributed by atoms with Crippen molar-refractivity contribution in [2.24, 2.45) is 0 Å². The van der Waals surface area contributed by atoms with E-state index in [1.165, 1.54) is 18.4 Å². The summed E-state index contributed by atoms with van der Waals surface area (Å²) >= 11 is 0. The zero-order chi connectivity index (χ0) is 27.4. The van der Waals surface area contributed by atoms with Crippen LogP contribution in [0, 0.1) is 6.92 Å². The van der Waals surface area contributed by atoms with E-state index in [4.69, 9.17) is 17.8 Å². The van der Waals surface area contributed by atoms with Gasteiger partial charge >= 0.3 is 5.97 Å². The Morgan fingerprint density at radius 1 is 0.946 bits per heavy atom. The standard InChI is InChI=1S/C28H36O7SSi/c1-20-15-17-23(18-16-20)36(30,31)34-21(2)25(35-37(6,7)28(3,4)5)26(24-14-11-19-32-24)33-27(29)22-12-9-8-10-13-22/h8-19,21,25-26H,1-7H3/t21-,25-,26+/m1/s1. The van der Waals surface area contributed by atoms with Crippen LogP contribution in [0.3, 0.4) is 0 Å². The van der Waals surface area contributed by atoms with Crippen molar-refractivity contribution in [2.45, 2.75) is 76.0 Å². The molecule has 0 saturated carbocycles. The lowest BCUT2D eigenvalue weighted by Gasteiger charge is -2.42. The molecular weight excluding hydrogens is 508 g/mol. The van der Waals surface area contributed by atoms with Crippen molar-refractivity contribution in [3.05, 3.63) is 89.9 Å². The predicted octanol–water partition coefficient (Wildman–Crippen LogP) is 6.67. The van der Waals surface area contributed by atoms with Crippen LogP contribution >= 0.6 is 0 Å². The molecule has 0 N–H and O–H groups in total. The zero-order valence-corrected chi connectivity index (χ0v) is 24.2. The summed E-state index contributed by atoms with van der Waals surface area (Å²) < 4.78 is 50.3. The van der Waals surface area contributed by atoms with Crippen molar-refractivity contribution in [1.82, 2.24) is 0 Å². The Morgan fingerprint density at radius 3 is 2.11 bits per heavy atom. The Hall–Kier alpha value is -2.72. The molecule has 1 aromatic heterocycles. The SMILES string of the molecule is Cc1ccc(S(=O)(=O)O[C@H](C)[C@@H](O[Si](C)(C)C(C)(C)C)[C@@H](OC(=O)c2ccccc2)c2ccco2)cc1. The maximum atomic E-state index is 13.2. The Balaban J connectivity index is 2.02.